The molecule has 39 heavy (non-hydrogen) atoms. The van der Waals surface area contributed by atoms with Crippen molar-refractivity contribution in [1.82, 2.24) is 4.31 Å². The predicted octanol–water partition coefficient (Wildman–Crippen LogP) is 5.85. The van der Waals surface area contributed by atoms with Gasteiger partial charge in [-0.05, 0) is 53.5 Å². The van der Waals surface area contributed by atoms with Crippen LogP contribution in [0.25, 0.3) is 11.1 Å². The molecule has 0 bridgehead atoms. The van der Waals surface area contributed by atoms with E-state index in [1.165, 1.54) is 19.1 Å². The molecule has 4 aromatic carbocycles. The summed E-state index contributed by atoms with van der Waals surface area (Å²) in [6, 6.07) is 32.1. The molecule has 0 spiro atoms. The number of rotatable bonds is 6. The zero-order valence-corrected chi connectivity index (χ0v) is 22.4. The highest BCUT2D eigenvalue weighted by Crippen LogP contribution is 2.44. The highest BCUT2D eigenvalue weighted by atomic mass is 32.2. The molecule has 7 heteroatoms. The van der Waals surface area contributed by atoms with Gasteiger partial charge in [0.2, 0.25) is 0 Å². The fraction of sp³-hybridized carbons (Fsp3) is 0.125. The largest absolute Gasteiger partial charge is 0.427 e. The zero-order chi connectivity index (χ0) is 27.6. The molecule has 0 radical (unpaired) electrons. The molecule has 1 heterocycles. The Bertz CT molecular complexity index is 1640. The number of ether oxygens (including phenoxy) is 1. The van der Waals surface area contributed by atoms with Gasteiger partial charge in [0.1, 0.15) is 5.75 Å². The van der Waals surface area contributed by atoms with Crippen molar-refractivity contribution in [2.75, 3.05) is 6.54 Å². The maximum Gasteiger partial charge on any atom is 0.308 e. The van der Waals surface area contributed by atoms with Gasteiger partial charge >= 0.3 is 5.97 Å². The van der Waals surface area contributed by atoms with Gasteiger partial charge in [0.05, 0.1) is 10.5 Å². The Morgan fingerprint density at radius 3 is 1.92 bits per heavy atom. The summed E-state index contributed by atoms with van der Waals surface area (Å²) in [5, 5.41) is 0. The molecule has 4 aromatic rings. The molecule has 1 aliphatic rings. The van der Waals surface area contributed by atoms with E-state index < -0.39 is 27.8 Å². The number of sulfonamides is 1. The molecular formula is C32H27NO5S. The number of carbonyl (C=O) groups is 2. The maximum absolute atomic E-state index is 14.2. The zero-order valence-electron chi connectivity index (χ0n) is 21.6. The van der Waals surface area contributed by atoms with E-state index in [9.17, 15) is 18.0 Å². The van der Waals surface area contributed by atoms with Crippen LogP contribution in [-0.2, 0) is 19.6 Å². The lowest BCUT2D eigenvalue weighted by molar-refractivity contribution is -0.131. The molecule has 0 saturated heterocycles. The Labute approximate surface area is 228 Å². The van der Waals surface area contributed by atoms with Crippen molar-refractivity contribution in [1.29, 1.82) is 0 Å². The van der Waals surface area contributed by atoms with E-state index in [0.29, 0.717) is 16.9 Å². The van der Waals surface area contributed by atoms with Crippen molar-refractivity contribution in [3.8, 4) is 5.75 Å². The third-order valence-electron chi connectivity index (χ3n) is 6.71. The van der Waals surface area contributed by atoms with Crippen LogP contribution < -0.4 is 4.74 Å². The molecule has 0 aromatic heterocycles. The predicted molar refractivity (Wildman–Crippen MR) is 150 cm³/mol. The molecule has 1 unspecified atom stereocenters. The lowest BCUT2D eigenvalue weighted by atomic mass is 9.79. The molecular weight excluding hydrogens is 510 g/mol. The second kappa shape index (κ2) is 10.7. The fourth-order valence-corrected chi connectivity index (χ4v) is 6.24. The van der Waals surface area contributed by atoms with Gasteiger partial charge < -0.3 is 4.74 Å². The number of aryl methyl sites for hydroxylation is 1. The normalized spacial score (nSPS) is 15.8. The van der Waals surface area contributed by atoms with Gasteiger partial charge in [-0.15, -0.1) is 0 Å². The maximum atomic E-state index is 14.2. The third-order valence-corrected chi connectivity index (χ3v) is 8.47. The molecule has 0 aliphatic carbocycles. The molecule has 196 valence electrons. The van der Waals surface area contributed by atoms with Crippen LogP contribution in [-0.4, -0.2) is 31.1 Å². The average Bonchev–Trinajstić information content (AvgIpc) is 2.94. The number of benzene rings is 4. The first-order valence-corrected chi connectivity index (χ1v) is 14.0. The van der Waals surface area contributed by atoms with Gasteiger partial charge in [-0.2, -0.15) is 0 Å². The Balaban J connectivity index is 1.74. The minimum absolute atomic E-state index is 0.0565. The van der Waals surface area contributed by atoms with Crippen molar-refractivity contribution in [3.05, 3.63) is 131 Å². The highest BCUT2D eigenvalue weighted by molar-refractivity contribution is 7.89. The summed E-state index contributed by atoms with van der Waals surface area (Å²) in [6.07, 6.45) is 0. The lowest BCUT2D eigenvalue weighted by Gasteiger charge is -2.36. The van der Waals surface area contributed by atoms with E-state index in [1.807, 2.05) is 67.6 Å². The van der Waals surface area contributed by atoms with E-state index in [1.54, 1.807) is 36.4 Å². The van der Waals surface area contributed by atoms with Crippen LogP contribution in [0.3, 0.4) is 0 Å². The first kappa shape index (κ1) is 26.1. The first-order valence-electron chi connectivity index (χ1n) is 12.5. The van der Waals surface area contributed by atoms with E-state index in [-0.39, 0.29) is 11.4 Å². The summed E-state index contributed by atoms with van der Waals surface area (Å²) in [4.78, 5) is 25.7. The Morgan fingerprint density at radius 2 is 1.36 bits per heavy atom. The van der Waals surface area contributed by atoms with Crippen molar-refractivity contribution in [2.45, 2.75) is 24.7 Å². The van der Waals surface area contributed by atoms with Crippen LogP contribution in [0.2, 0.25) is 0 Å². The van der Waals surface area contributed by atoms with E-state index >= 15 is 0 Å². The van der Waals surface area contributed by atoms with Gasteiger partial charge in [0.25, 0.3) is 15.9 Å². The van der Waals surface area contributed by atoms with Crippen LogP contribution >= 0.6 is 0 Å². The van der Waals surface area contributed by atoms with E-state index in [0.717, 1.165) is 26.6 Å². The van der Waals surface area contributed by atoms with Gasteiger partial charge in [-0.25, -0.2) is 12.7 Å². The SMILES string of the molecule is CC(=O)Oc1ccc(C2CN(S(=O)(=O)c3ccc(C)cc3)C(=O)C(c3ccccc3)=C2c2ccccc2)cc1. The average molecular weight is 538 g/mol. The topological polar surface area (TPSA) is 80.8 Å². The Hall–Kier alpha value is -4.49. The second-order valence-electron chi connectivity index (χ2n) is 9.39. The molecule has 6 nitrogen and oxygen atoms in total. The van der Waals surface area contributed by atoms with Crippen molar-refractivity contribution < 1.29 is 22.7 Å². The summed E-state index contributed by atoms with van der Waals surface area (Å²) in [7, 11) is -4.16. The number of carbonyl (C=O) groups excluding carboxylic acids is 2. The Morgan fingerprint density at radius 1 is 0.795 bits per heavy atom. The third kappa shape index (κ3) is 5.26. The summed E-state index contributed by atoms with van der Waals surface area (Å²) >= 11 is 0. The Kier molecular flexibility index (Phi) is 7.17. The van der Waals surface area contributed by atoms with Crippen molar-refractivity contribution in [3.63, 3.8) is 0 Å². The number of nitrogens with zero attached hydrogens (tertiary/aromatic N) is 1. The molecule has 0 fully saturated rings. The lowest BCUT2D eigenvalue weighted by Crippen LogP contribution is -2.44. The standard InChI is InChI=1S/C32H27NO5S/c1-22-13-19-28(20-14-22)39(36,37)33-21-29(24-15-17-27(18-16-24)38-23(2)34)30(25-9-5-3-6-10-25)31(32(33)35)26-11-7-4-8-12-26/h3-20,29H,21H2,1-2H3. The van der Waals surface area contributed by atoms with Crippen LogP contribution in [0, 0.1) is 6.92 Å². The highest BCUT2D eigenvalue weighted by Gasteiger charge is 2.41. The number of amides is 1. The van der Waals surface area contributed by atoms with Gasteiger partial charge in [-0.3, -0.25) is 9.59 Å². The van der Waals surface area contributed by atoms with Crippen LogP contribution in [0.4, 0.5) is 0 Å². The summed E-state index contributed by atoms with van der Waals surface area (Å²) in [5.74, 6) is -1.10. The summed E-state index contributed by atoms with van der Waals surface area (Å²) in [6.45, 7) is 3.12. The van der Waals surface area contributed by atoms with E-state index in [4.69, 9.17) is 4.74 Å². The van der Waals surface area contributed by atoms with Crippen LogP contribution in [0.1, 0.15) is 35.1 Å². The minimum atomic E-state index is -4.16. The van der Waals surface area contributed by atoms with Gasteiger partial charge in [0.15, 0.2) is 0 Å². The fourth-order valence-electron chi connectivity index (χ4n) is 4.85. The molecule has 1 amide bonds. The van der Waals surface area contributed by atoms with Crippen LogP contribution in [0.15, 0.2) is 114 Å². The molecule has 0 N–H and O–H groups in total. The van der Waals surface area contributed by atoms with Crippen molar-refractivity contribution >= 4 is 33.0 Å². The van der Waals surface area contributed by atoms with Crippen LogP contribution in [0.5, 0.6) is 5.75 Å². The minimum Gasteiger partial charge on any atom is -0.427 e. The van der Waals surface area contributed by atoms with Gasteiger partial charge in [0, 0.05) is 19.4 Å². The molecule has 1 atom stereocenters. The first-order chi connectivity index (χ1) is 18.8. The molecule has 1 aliphatic heterocycles. The summed E-state index contributed by atoms with van der Waals surface area (Å²) in [5.41, 5.74) is 4.23. The number of hydrogen-bond acceptors (Lipinski definition) is 5. The van der Waals surface area contributed by atoms with E-state index in [2.05, 4.69) is 0 Å². The van der Waals surface area contributed by atoms with Crippen molar-refractivity contribution in [2.24, 2.45) is 0 Å². The van der Waals surface area contributed by atoms with Gasteiger partial charge in [-0.1, -0.05) is 90.5 Å². The smallest absolute Gasteiger partial charge is 0.308 e. The molecule has 5 rings (SSSR count). The number of esters is 1. The quantitative estimate of drug-likeness (QED) is 0.228. The second-order valence-corrected chi connectivity index (χ2v) is 11.3. The monoisotopic (exact) mass is 537 g/mol. The summed E-state index contributed by atoms with van der Waals surface area (Å²) < 4.78 is 34.0. The molecule has 0 saturated carbocycles. The number of hydrogen-bond donors (Lipinski definition) is 0.